The van der Waals surface area contributed by atoms with Crippen LogP contribution in [0, 0.1) is 0 Å². The number of urea groups is 1. The van der Waals surface area contributed by atoms with Crippen molar-refractivity contribution >= 4 is 33.3 Å². The van der Waals surface area contributed by atoms with Gasteiger partial charge in [0.05, 0.1) is 23.9 Å². The molecule has 5 nitrogen and oxygen atoms in total. The summed E-state index contributed by atoms with van der Waals surface area (Å²) in [4.78, 5) is 18.4. The van der Waals surface area contributed by atoms with Gasteiger partial charge in [-0.3, -0.25) is 0 Å². The molecule has 1 aromatic heterocycles. The first-order valence-corrected chi connectivity index (χ1v) is 7.98. The first kappa shape index (κ1) is 15.3. The zero-order valence-corrected chi connectivity index (χ0v) is 13.8. The van der Waals surface area contributed by atoms with E-state index in [9.17, 15) is 4.79 Å². The van der Waals surface area contributed by atoms with Crippen LogP contribution in [0.2, 0.25) is 0 Å². The predicted octanol–water partition coefficient (Wildman–Crippen LogP) is 3.97. The maximum absolute atomic E-state index is 12.3. The molecule has 0 atom stereocenters. The number of thiazole rings is 1. The highest BCUT2D eigenvalue weighted by Crippen LogP contribution is 2.23. The van der Waals surface area contributed by atoms with Crippen molar-refractivity contribution in [3.05, 3.63) is 53.5 Å². The van der Waals surface area contributed by atoms with Gasteiger partial charge in [-0.05, 0) is 24.3 Å². The Labute approximate surface area is 138 Å². The smallest absolute Gasteiger partial charge is 0.321 e. The molecule has 0 unspecified atom stereocenters. The number of hydrogen-bond donors (Lipinski definition) is 1. The van der Waals surface area contributed by atoms with Gasteiger partial charge in [0.25, 0.3) is 0 Å². The van der Waals surface area contributed by atoms with E-state index in [1.165, 1.54) is 0 Å². The van der Waals surface area contributed by atoms with Crippen molar-refractivity contribution < 1.29 is 9.53 Å². The molecule has 1 heterocycles. The van der Waals surface area contributed by atoms with Crippen LogP contribution >= 0.6 is 11.3 Å². The number of anilines is 1. The summed E-state index contributed by atoms with van der Waals surface area (Å²) in [6, 6.07) is 15.1. The zero-order valence-electron chi connectivity index (χ0n) is 12.9. The van der Waals surface area contributed by atoms with Crippen LogP contribution in [0.1, 0.15) is 5.01 Å². The average Bonchev–Trinajstić information content (AvgIpc) is 2.97. The predicted molar refractivity (Wildman–Crippen MR) is 93.1 cm³/mol. The summed E-state index contributed by atoms with van der Waals surface area (Å²) in [5.41, 5.74) is 1.67. The molecule has 0 saturated carbocycles. The van der Waals surface area contributed by atoms with Crippen LogP contribution < -0.4 is 10.1 Å². The third-order valence-electron chi connectivity index (χ3n) is 3.38. The lowest BCUT2D eigenvalue weighted by Crippen LogP contribution is -2.30. The molecule has 0 aliphatic heterocycles. The fraction of sp³-hybridized carbons (Fsp3) is 0.176. The van der Waals surface area contributed by atoms with Crippen molar-refractivity contribution in [1.82, 2.24) is 9.88 Å². The number of ether oxygens (including phenoxy) is 1. The van der Waals surface area contributed by atoms with Gasteiger partial charge in [0, 0.05) is 18.8 Å². The van der Waals surface area contributed by atoms with E-state index >= 15 is 0 Å². The maximum atomic E-state index is 12.3. The Hall–Kier alpha value is -2.60. The average molecular weight is 327 g/mol. The van der Waals surface area contributed by atoms with Crippen molar-refractivity contribution in [3.63, 3.8) is 0 Å². The number of rotatable bonds is 4. The highest BCUT2D eigenvalue weighted by Gasteiger charge is 2.12. The van der Waals surface area contributed by atoms with Gasteiger partial charge in [-0.15, -0.1) is 11.3 Å². The quantitative estimate of drug-likeness (QED) is 0.789. The Morgan fingerprint density at radius 1 is 1.26 bits per heavy atom. The second-order valence-electron chi connectivity index (χ2n) is 5.09. The topological polar surface area (TPSA) is 54.5 Å². The van der Waals surface area contributed by atoms with Gasteiger partial charge in [0.1, 0.15) is 10.8 Å². The number of aromatic nitrogens is 1. The van der Waals surface area contributed by atoms with E-state index in [4.69, 9.17) is 4.74 Å². The summed E-state index contributed by atoms with van der Waals surface area (Å²) in [6.07, 6.45) is 0. The molecule has 0 fully saturated rings. The van der Waals surface area contributed by atoms with Gasteiger partial charge in [-0.25, -0.2) is 9.78 Å². The standard InChI is InChI=1S/C17H17N3O2S/c1-20(11-16-19-14-8-3-4-9-15(14)23-16)17(21)18-12-6-5-7-13(10-12)22-2/h3-10H,11H2,1-2H3,(H,18,21). The highest BCUT2D eigenvalue weighted by molar-refractivity contribution is 7.18. The SMILES string of the molecule is COc1cccc(NC(=O)N(C)Cc2nc3ccccc3s2)c1. The van der Waals surface area contributed by atoms with Crippen LogP contribution in [0.15, 0.2) is 48.5 Å². The van der Waals surface area contributed by atoms with Gasteiger partial charge in [-0.2, -0.15) is 0 Å². The molecular weight excluding hydrogens is 310 g/mol. The van der Waals surface area contributed by atoms with Gasteiger partial charge < -0.3 is 15.0 Å². The van der Waals surface area contributed by atoms with Crippen LogP contribution in [-0.4, -0.2) is 30.1 Å². The summed E-state index contributed by atoms with van der Waals surface area (Å²) in [7, 11) is 3.35. The third-order valence-corrected chi connectivity index (χ3v) is 4.40. The number of nitrogens with zero attached hydrogens (tertiary/aromatic N) is 2. The fourth-order valence-corrected chi connectivity index (χ4v) is 3.20. The number of fused-ring (bicyclic) bond motifs is 1. The molecule has 0 radical (unpaired) electrons. The van der Waals surface area contributed by atoms with Crippen molar-refractivity contribution in [3.8, 4) is 5.75 Å². The first-order valence-electron chi connectivity index (χ1n) is 7.16. The fourth-order valence-electron chi connectivity index (χ4n) is 2.18. The van der Waals surface area contributed by atoms with Crippen LogP contribution in [-0.2, 0) is 6.54 Å². The van der Waals surface area contributed by atoms with Crippen LogP contribution in [0.5, 0.6) is 5.75 Å². The normalized spacial score (nSPS) is 10.5. The number of carbonyl (C=O) groups excluding carboxylic acids is 1. The molecule has 0 aliphatic rings. The van der Waals surface area contributed by atoms with Gasteiger partial charge >= 0.3 is 6.03 Å². The molecule has 0 bridgehead atoms. The number of benzene rings is 2. The zero-order chi connectivity index (χ0) is 16.2. The largest absolute Gasteiger partial charge is 0.497 e. The van der Waals surface area contributed by atoms with Gasteiger partial charge in [0.2, 0.25) is 0 Å². The molecule has 2 amide bonds. The summed E-state index contributed by atoms with van der Waals surface area (Å²) in [5.74, 6) is 0.705. The molecule has 0 spiro atoms. The molecule has 3 rings (SSSR count). The molecule has 0 saturated heterocycles. The van der Waals surface area contributed by atoms with Crippen molar-refractivity contribution in [2.75, 3.05) is 19.5 Å². The molecule has 23 heavy (non-hydrogen) atoms. The summed E-state index contributed by atoms with van der Waals surface area (Å²) < 4.78 is 6.28. The lowest BCUT2D eigenvalue weighted by molar-refractivity contribution is 0.220. The van der Waals surface area contributed by atoms with Crippen LogP contribution in [0.25, 0.3) is 10.2 Å². The minimum Gasteiger partial charge on any atom is -0.497 e. The number of para-hydroxylation sites is 1. The number of hydrogen-bond acceptors (Lipinski definition) is 4. The molecule has 2 aromatic carbocycles. The second kappa shape index (κ2) is 6.66. The van der Waals surface area contributed by atoms with E-state index in [0.717, 1.165) is 15.2 Å². The minimum atomic E-state index is -0.183. The van der Waals surface area contributed by atoms with E-state index < -0.39 is 0 Å². The summed E-state index contributed by atoms with van der Waals surface area (Å²) >= 11 is 1.60. The molecule has 3 aromatic rings. The molecule has 1 N–H and O–H groups in total. The Kier molecular flexibility index (Phi) is 4.43. The number of nitrogens with one attached hydrogen (secondary N) is 1. The van der Waals surface area contributed by atoms with Gasteiger partial charge in [-0.1, -0.05) is 18.2 Å². The van der Waals surface area contributed by atoms with Crippen molar-refractivity contribution in [2.45, 2.75) is 6.54 Å². The van der Waals surface area contributed by atoms with Gasteiger partial charge in [0.15, 0.2) is 0 Å². The molecule has 118 valence electrons. The molecule has 6 heteroatoms. The van der Waals surface area contributed by atoms with E-state index in [1.54, 1.807) is 36.5 Å². The lowest BCUT2D eigenvalue weighted by atomic mass is 10.3. The second-order valence-corrected chi connectivity index (χ2v) is 6.21. The minimum absolute atomic E-state index is 0.183. The number of amides is 2. The first-order chi connectivity index (χ1) is 11.2. The van der Waals surface area contributed by atoms with E-state index in [0.29, 0.717) is 18.0 Å². The molecule has 0 aliphatic carbocycles. The Balaban J connectivity index is 1.67. The summed E-state index contributed by atoms with van der Waals surface area (Å²) in [5, 5.41) is 3.77. The van der Waals surface area contributed by atoms with Crippen LogP contribution in [0.3, 0.4) is 0 Å². The molecular formula is C17H17N3O2S. The van der Waals surface area contributed by atoms with Crippen molar-refractivity contribution in [1.29, 1.82) is 0 Å². The number of methoxy groups -OCH3 is 1. The Morgan fingerprint density at radius 3 is 2.87 bits per heavy atom. The van der Waals surface area contributed by atoms with Crippen LogP contribution in [0.4, 0.5) is 10.5 Å². The van der Waals surface area contributed by atoms with E-state index in [2.05, 4.69) is 10.3 Å². The number of carbonyl (C=O) groups is 1. The monoisotopic (exact) mass is 327 g/mol. The third kappa shape index (κ3) is 3.60. The Morgan fingerprint density at radius 2 is 2.09 bits per heavy atom. The van der Waals surface area contributed by atoms with Crippen molar-refractivity contribution in [2.24, 2.45) is 0 Å². The highest BCUT2D eigenvalue weighted by atomic mass is 32.1. The van der Waals surface area contributed by atoms with E-state index in [-0.39, 0.29) is 6.03 Å². The maximum Gasteiger partial charge on any atom is 0.321 e. The lowest BCUT2D eigenvalue weighted by Gasteiger charge is -2.16. The summed E-state index contributed by atoms with van der Waals surface area (Å²) in [6.45, 7) is 0.467. The van der Waals surface area contributed by atoms with E-state index in [1.807, 2.05) is 42.5 Å². The Bertz CT molecular complexity index is 798.